The van der Waals surface area contributed by atoms with Gasteiger partial charge in [-0.1, -0.05) is 11.2 Å². The number of ether oxygens (including phenoxy) is 2. The fourth-order valence-electron chi connectivity index (χ4n) is 5.69. The standard InChI is InChI=1S/C25H26N4O3/c1-16-4-2-5-19(26-16)22-23(17-6-7-20-21(14-17)32-15-31-20)29-13-3-10-25(24(29)27-22)11-8-18(28-30)9-12-25/h2,4-7,14,18H,3,8-13,15H2,1H3. The number of nitrogens with zero attached hydrogens (tertiary/aromatic N) is 4. The third-order valence-electron chi connectivity index (χ3n) is 7.32. The molecule has 1 saturated carbocycles. The fraction of sp³-hybridized carbons (Fsp3) is 0.440. The van der Waals surface area contributed by atoms with E-state index >= 15 is 0 Å². The molecule has 32 heavy (non-hydrogen) atoms. The van der Waals surface area contributed by atoms with E-state index in [9.17, 15) is 4.91 Å². The first-order valence-corrected chi connectivity index (χ1v) is 11.4. The van der Waals surface area contributed by atoms with Crippen LogP contribution in [-0.2, 0) is 12.0 Å². The Morgan fingerprint density at radius 3 is 2.72 bits per heavy atom. The van der Waals surface area contributed by atoms with E-state index in [0.29, 0.717) is 0 Å². The molecule has 164 valence electrons. The predicted octanol–water partition coefficient (Wildman–Crippen LogP) is 5.39. The first kappa shape index (κ1) is 19.5. The summed E-state index contributed by atoms with van der Waals surface area (Å²) in [7, 11) is 0. The molecule has 2 aliphatic heterocycles. The number of nitroso groups, excluding NO2 is 1. The second kappa shape index (κ2) is 7.43. The van der Waals surface area contributed by atoms with Crippen LogP contribution in [0.4, 0.5) is 0 Å². The molecule has 0 radical (unpaired) electrons. The lowest BCUT2D eigenvalue weighted by molar-refractivity contribution is 0.174. The fourth-order valence-corrected chi connectivity index (χ4v) is 5.69. The van der Waals surface area contributed by atoms with Crippen molar-refractivity contribution in [1.82, 2.24) is 14.5 Å². The van der Waals surface area contributed by atoms with Crippen molar-refractivity contribution in [2.45, 2.75) is 63.5 Å². The van der Waals surface area contributed by atoms with Gasteiger partial charge in [-0.25, -0.2) is 4.98 Å². The van der Waals surface area contributed by atoms with E-state index in [2.05, 4.69) is 21.9 Å². The van der Waals surface area contributed by atoms with Crippen LogP contribution < -0.4 is 9.47 Å². The van der Waals surface area contributed by atoms with Crippen LogP contribution >= 0.6 is 0 Å². The molecule has 6 rings (SSSR count). The number of imidazole rings is 1. The lowest BCUT2D eigenvalue weighted by Crippen LogP contribution is -2.38. The van der Waals surface area contributed by atoms with Crippen molar-refractivity contribution < 1.29 is 9.47 Å². The van der Waals surface area contributed by atoms with Gasteiger partial charge in [-0.3, -0.25) is 4.98 Å². The minimum absolute atomic E-state index is 0.00655. The Bertz CT molecular complexity index is 1190. The van der Waals surface area contributed by atoms with Gasteiger partial charge in [0.2, 0.25) is 6.79 Å². The largest absolute Gasteiger partial charge is 0.454 e. The van der Waals surface area contributed by atoms with Crippen LogP contribution in [0.2, 0.25) is 0 Å². The minimum atomic E-state index is -0.0581. The highest BCUT2D eigenvalue weighted by Gasteiger charge is 2.44. The van der Waals surface area contributed by atoms with Crippen molar-refractivity contribution in [1.29, 1.82) is 0 Å². The van der Waals surface area contributed by atoms with Crippen LogP contribution in [0.25, 0.3) is 22.6 Å². The smallest absolute Gasteiger partial charge is 0.231 e. The zero-order valence-electron chi connectivity index (χ0n) is 18.2. The summed E-state index contributed by atoms with van der Waals surface area (Å²) >= 11 is 0. The molecule has 0 bridgehead atoms. The monoisotopic (exact) mass is 430 g/mol. The van der Waals surface area contributed by atoms with E-state index in [0.717, 1.165) is 90.7 Å². The molecule has 2 aromatic heterocycles. The van der Waals surface area contributed by atoms with E-state index in [1.165, 1.54) is 0 Å². The van der Waals surface area contributed by atoms with Crippen molar-refractivity contribution >= 4 is 0 Å². The number of rotatable bonds is 3. The summed E-state index contributed by atoms with van der Waals surface area (Å²) in [6.45, 7) is 3.19. The van der Waals surface area contributed by atoms with Crippen molar-refractivity contribution in [3.63, 3.8) is 0 Å². The molecule has 7 nitrogen and oxygen atoms in total. The number of benzene rings is 1. The van der Waals surface area contributed by atoms with Crippen LogP contribution in [0.15, 0.2) is 41.6 Å². The lowest BCUT2D eigenvalue weighted by atomic mass is 9.68. The third-order valence-corrected chi connectivity index (χ3v) is 7.32. The number of aryl methyl sites for hydroxylation is 1. The summed E-state index contributed by atoms with van der Waals surface area (Å²) in [5.41, 5.74) is 4.93. The topological polar surface area (TPSA) is 78.6 Å². The molecule has 0 unspecified atom stereocenters. The molecule has 0 saturated heterocycles. The Morgan fingerprint density at radius 2 is 1.91 bits per heavy atom. The van der Waals surface area contributed by atoms with Crippen LogP contribution in [0.3, 0.4) is 0 Å². The maximum absolute atomic E-state index is 11.1. The van der Waals surface area contributed by atoms with Crippen molar-refractivity contribution in [3.05, 3.63) is 52.8 Å². The third kappa shape index (κ3) is 3.02. The molecule has 1 spiro atoms. The van der Waals surface area contributed by atoms with Gasteiger partial charge < -0.3 is 14.0 Å². The molecule has 1 fully saturated rings. The minimum Gasteiger partial charge on any atom is -0.454 e. The first-order chi connectivity index (χ1) is 15.7. The Balaban J connectivity index is 1.54. The van der Waals surface area contributed by atoms with Crippen LogP contribution in [0.5, 0.6) is 11.5 Å². The first-order valence-electron chi connectivity index (χ1n) is 11.4. The Morgan fingerprint density at radius 1 is 1.06 bits per heavy atom. The molecule has 0 amide bonds. The molecule has 0 N–H and O–H groups in total. The average Bonchev–Trinajstić information content (AvgIpc) is 3.44. The summed E-state index contributed by atoms with van der Waals surface area (Å²) in [6.07, 6.45) is 5.81. The van der Waals surface area contributed by atoms with Gasteiger partial charge in [0.05, 0.1) is 17.4 Å². The zero-order valence-corrected chi connectivity index (χ0v) is 18.2. The van der Waals surface area contributed by atoms with Crippen molar-refractivity contribution in [2.75, 3.05) is 6.79 Å². The summed E-state index contributed by atoms with van der Waals surface area (Å²) < 4.78 is 13.6. The Labute approximate surface area is 186 Å². The molecule has 3 aromatic rings. The van der Waals surface area contributed by atoms with E-state index in [-0.39, 0.29) is 18.2 Å². The SMILES string of the molecule is Cc1cccc(-c2nc3n(c2-c2ccc4c(c2)OCO4)CCCC32CCC(N=O)CC2)n1. The maximum Gasteiger partial charge on any atom is 0.231 e. The van der Waals surface area contributed by atoms with Gasteiger partial charge in [-0.15, -0.1) is 0 Å². The van der Waals surface area contributed by atoms with Crippen molar-refractivity contribution in [3.8, 4) is 34.1 Å². The molecule has 0 atom stereocenters. The molecule has 1 aliphatic carbocycles. The second-order valence-electron chi connectivity index (χ2n) is 9.24. The lowest BCUT2D eigenvalue weighted by Gasteiger charge is -2.41. The quantitative estimate of drug-likeness (QED) is 0.521. The van der Waals surface area contributed by atoms with Crippen LogP contribution in [-0.4, -0.2) is 27.4 Å². The van der Waals surface area contributed by atoms with Gasteiger partial charge >= 0.3 is 0 Å². The number of hydrogen-bond acceptors (Lipinski definition) is 6. The normalized spacial score (nSPS) is 23.8. The van der Waals surface area contributed by atoms with E-state index < -0.39 is 0 Å². The molecule has 3 aliphatic rings. The van der Waals surface area contributed by atoms with E-state index in [1.54, 1.807) is 0 Å². The predicted molar refractivity (Wildman–Crippen MR) is 121 cm³/mol. The van der Waals surface area contributed by atoms with Gasteiger partial charge in [0.1, 0.15) is 11.5 Å². The van der Waals surface area contributed by atoms with E-state index in [4.69, 9.17) is 19.4 Å². The Hall–Kier alpha value is -3.22. The number of aromatic nitrogens is 3. The average molecular weight is 431 g/mol. The van der Waals surface area contributed by atoms with Gasteiger partial charge in [-0.05, 0) is 75.8 Å². The number of hydrogen-bond donors (Lipinski definition) is 0. The molecule has 7 heteroatoms. The van der Waals surface area contributed by atoms with Gasteiger partial charge in [0.15, 0.2) is 11.5 Å². The summed E-state index contributed by atoms with van der Waals surface area (Å²) in [5, 5.41) is 3.33. The van der Waals surface area contributed by atoms with Crippen LogP contribution in [0, 0.1) is 11.8 Å². The number of fused-ring (bicyclic) bond motifs is 3. The van der Waals surface area contributed by atoms with Crippen LogP contribution in [0.1, 0.15) is 50.0 Å². The molecule has 4 heterocycles. The summed E-state index contributed by atoms with van der Waals surface area (Å²) in [4.78, 5) is 21.2. The summed E-state index contributed by atoms with van der Waals surface area (Å²) in [6, 6.07) is 12.1. The zero-order chi connectivity index (χ0) is 21.7. The second-order valence-corrected chi connectivity index (χ2v) is 9.24. The summed E-state index contributed by atoms with van der Waals surface area (Å²) in [5.74, 6) is 2.68. The highest BCUT2D eigenvalue weighted by atomic mass is 16.7. The van der Waals surface area contributed by atoms with Gasteiger partial charge in [0.25, 0.3) is 0 Å². The number of pyridine rings is 1. The van der Waals surface area contributed by atoms with Gasteiger partial charge in [0, 0.05) is 23.2 Å². The maximum atomic E-state index is 11.1. The van der Waals surface area contributed by atoms with Crippen molar-refractivity contribution in [2.24, 2.45) is 5.18 Å². The van der Waals surface area contributed by atoms with E-state index in [1.807, 2.05) is 31.2 Å². The van der Waals surface area contributed by atoms with Gasteiger partial charge in [-0.2, -0.15) is 4.91 Å². The highest BCUT2D eigenvalue weighted by Crippen LogP contribution is 2.49. The molecule has 1 aromatic carbocycles. The molecular weight excluding hydrogens is 404 g/mol. The highest BCUT2D eigenvalue weighted by molar-refractivity contribution is 5.79. The molecular formula is C25H26N4O3. The Kier molecular flexibility index (Phi) is 4.52.